The molecule has 486 valence electrons. The summed E-state index contributed by atoms with van der Waals surface area (Å²) in [6.45, 7) is 20.0. The van der Waals surface area contributed by atoms with Crippen molar-refractivity contribution in [1.29, 1.82) is 5.26 Å². The monoisotopic (exact) mass is 1320 g/mol. The number of imidazole rings is 2. The number of hydrogen-bond acceptors (Lipinski definition) is 18. The van der Waals surface area contributed by atoms with Crippen molar-refractivity contribution in [3.8, 4) is 6.07 Å². The first-order valence-corrected chi connectivity index (χ1v) is 39.2. The topological polar surface area (TPSA) is 289 Å². The molecule has 6 N–H and O–H groups in total. The van der Waals surface area contributed by atoms with E-state index in [1.165, 1.54) is 19.0 Å². The van der Waals surface area contributed by atoms with Crippen molar-refractivity contribution in [2.75, 3.05) is 30.5 Å². The number of aliphatic hydroxyl groups excluding tert-OH is 1. The van der Waals surface area contributed by atoms with Crippen LogP contribution < -0.4 is 26.6 Å². The molecule has 2 aliphatic rings. The molecule has 2 fully saturated rings. The van der Waals surface area contributed by atoms with Crippen LogP contribution in [-0.4, -0.2) is 129 Å². The zero-order valence-electron chi connectivity index (χ0n) is 53.9. The van der Waals surface area contributed by atoms with Gasteiger partial charge in [0.15, 0.2) is 57.2 Å². The molecule has 2 amide bonds. The first-order valence-electron chi connectivity index (χ1n) is 30.8. The maximum absolute atomic E-state index is 14.0. The molecule has 10 rings (SSSR count). The van der Waals surface area contributed by atoms with Gasteiger partial charge in [0.1, 0.15) is 30.7 Å². The number of rotatable bonds is 24. The predicted octanol–water partition coefficient (Wildman–Crippen LogP) is 10.5. The second-order valence-electron chi connectivity index (χ2n) is 26.5. The SMILES string of the molecule is CC(C)C(=O)Nc1nc2c(ncn2[C@@H]2O[C@H](COP(=S)(N[C@H]3[C@@H](O[Si](C)(C)C(C)(C)C)[C@H](n4cnc5c(NC(=O)c6ccccc6)ncnc54)O[C@@H]3CO)OCCC#N)[C@@H](NC(c3ccccc3)(c3ccccc3)c3ccccc3)[C@H]2O[Si](C)(C)C(C)(C)C)c(=O)[nH]1. The Balaban J connectivity index is 1.11. The number of ether oxygens (including phenoxy) is 2. The van der Waals surface area contributed by atoms with Crippen LogP contribution in [0.2, 0.25) is 36.3 Å². The van der Waals surface area contributed by atoms with Gasteiger partial charge in [-0.2, -0.15) is 10.2 Å². The molecule has 0 saturated carbocycles. The van der Waals surface area contributed by atoms with Crippen LogP contribution in [0.1, 0.15) is 101 Å². The molecule has 2 saturated heterocycles. The van der Waals surface area contributed by atoms with Crippen LogP contribution in [-0.2, 0) is 49.5 Å². The van der Waals surface area contributed by atoms with Crippen molar-refractivity contribution in [3.63, 3.8) is 0 Å². The first-order chi connectivity index (χ1) is 43.7. The third kappa shape index (κ3) is 14.1. The number of nitrogens with one attached hydrogen (secondary N) is 5. The Hall–Kier alpha value is -7.07. The summed E-state index contributed by atoms with van der Waals surface area (Å²) < 4.78 is 46.7. The third-order valence-corrected chi connectivity index (χ3v) is 29.4. The fraction of sp³-hybridized carbons (Fsp3) is 0.431. The Kier molecular flexibility index (Phi) is 20.3. The summed E-state index contributed by atoms with van der Waals surface area (Å²) in [7, 11) is -5.65. The Morgan fingerprint density at radius 2 is 1.23 bits per heavy atom. The van der Waals surface area contributed by atoms with E-state index in [1.807, 2.05) is 60.7 Å². The minimum absolute atomic E-state index is 0.000584. The smallest absolute Gasteiger partial charge is 0.280 e. The number of nitrogens with zero attached hydrogens (tertiary/aromatic N) is 8. The highest BCUT2D eigenvalue weighted by molar-refractivity contribution is 8.09. The van der Waals surface area contributed by atoms with Crippen molar-refractivity contribution in [1.82, 2.24) is 49.4 Å². The van der Waals surface area contributed by atoms with E-state index in [0.29, 0.717) is 11.2 Å². The van der Waals surface area contributed by atoms with Crippen LogP contribution in [0.15, 0.2) is 145 Å². The molecule has 23 nitrogen and oxygen atoms in total. The number of carbonyl (C=O) groups is 2. The molecule has 4 aromatic heterocycles. The number of hydrogen-bond donors (Lipinski definition) is 6. The average Bonchev–Trinajstić information content (AvgIpc) is 1.51. The molecule has 0 aliphatic carbocycles. The second kappa shape index (κ2) is 27.5. The number of aromatic nitrogens is 8. The highest BCUT2D eigenvalue weighted by atomic mass is 32.5. The highest BCUT2D eigenvalue weighted by Gasteiger charge is 2.56. The van der Waals surface area contributed by atoms with Crippen LogP contribution in [0.4, 0.5) is 11.8 Å². The highest BCUT2D eigenvalue weighted by Crippen LogP contribution is 2.52. The van der Waals surface area contributed by atoms with Crippen molar-refractivity contribution in [3.05, 3.63) is 173 Å². The molecular weight excluding hydrogens is 1240 g/mol. The number of aliphatic hydroxyl groups is 1. The molecule has 8 aromatic rings. The average molecular weight is 1320 g/mol. The zero-order valence-corrected chi connectivity index (χ0v) is 57.6. The molecule has 92 heavy (non-hydrogen) atoms. The molecule has 0 bridgehead atoms. The largest absolute Gasteiger partial charge is 0.408 e. The standard InChI is InChI=1S/C65H82N13O10PSSi2/c1-41(2)57(80)73-62-72-56-51(59(82)74-62)70-40-78(56)60-52(87-91(9,10)63(3,4)5)48(75-65(43-28-19-14-20-29-43,44-30-21-15-22-31-44)45-32-23-16-24-33-45)47(86-60)37-84-89(90,83-35-25-34-66)76-49-46(36-79)85-61(53(49)88-92(11,12)64(6,7)8)77-39-69-50-54(67-38-68-55(50)77)71-58(81)42-26-17-13-18-27-42/h13-24,26-33,38-41,46-49,52-53,60-61,75,79H,25,35-37H2,1-12H3,(H,76,90)(H,67,68,71,81)(H2,72,73,74,80,82)/t46-,47-,48-,49-,52-,53-,60-,61-,89?/m1/s1. The predicted molar refractivity (Wildman–Crippen MR) is 360 cm³/mol. The van der Waals surface area contributed by atoms with E-state index in [4.69, 9.17) is 49.1 Å². The first kappa shape index (κ1) is 67.8. The molecule has 6 heterocycles. The van der Waals surface area contributed by atoms with E-state index in [9.17, 15) is 24.8 Å². The number of H-pyrrole nitrogens is 1. The second-order valence-corrected chi connectivity index (χ2v) is 39.2. The summed E-state index contributed by atoms with van der Waals surface area (Å²) >= 11 is 6.65. The molecular formula is C65H82N13O10PSSi2. The number of benzene rings is 4. The lowest BCUT2D eigenvalue weighted by atomic mass is 9.76. The third-order valence-electron chi connectivity index (χ3n) is 17.9. The van der Waals surface area contributed by atoms with Gasteiger partial charge in [0.2, 0.25) is 11.9 Å². The summed E-state index contributed by atoms with van der Waals surface area (Å²) in [4.78, 5) is 66.5. The lowest BCUT2D eigenvalue weighted by Gasteiger charge is -2.44. The van der Waals surface area contributed by atoms with Gasteiger partial charge in [0, 0.05) is 11.5 Å². The van der Waals surface area contributed by atoms with Gasteiger partial charge < -0.3 is 37.8 Å². The van der Waals surface area contributed by atoms with Crippen molar-refractivity contribution in [2.24, 2.45) is 5.92 Å². The van der Waals surface area contributed by atoms with E-state index >= 15 is 0 Å². The molecule has 1 unspecified atom stereocenters. The molecule has 27 heteroatoms. The summed E-state index contributed by atoms with van der Waals surface area (Å²) in [6.07, 6.45) is -1.63. The van der Waals surface area contributed by atoms with Gasteiger partial charge in [0.25, 0.3) is 18.1 Å². The van der Waals surface area contributed by atoms with Gasteiger partial charge in [-0.05, 0) is 76.9 Å². The van der Waals surface area contributed by atoms with Crippen LogP contribution in [0, 0.1) is 17.2 Å². The zero-order chi connectivity index (χ0) is 66.0. The molecule has 9 atom stereocenters. The van der Waals surface area contributed by atoms with Crippen molar-refractivity contribution >= 4 is 81.0 Å². The minimum atomic E-state index is -3.92. The van der Waals surface area contributed by atoms with Gasteiger partial charge in [-0.1, -0.05) is 165 Å². The van der Waals surface area contributed by atoms with Crippen LogP contribution in [0.5, 0.6) is 0 Å². The quantitative estimate of drug-likeness (QED) is 0.0142. The lowest BCUT2D eigenvalue weighted by molar-refractivity contribution is -0.118. The van der Waals surface area contributed by atoms with E-state index in [2.05, 4.69) is 151 Å². The van der Waals surface area contributed by atoms with Gasteiger partial charge >= 0.3 is 0 Å². The van der Waals surface area contributed by atoms with E-state index in [-0.39, 0.29) is 64.1 Å². The maximum Gasteiger partial charge on any atom is 0.280 e. The van der Waals surface area contributed by atoms with Crippen molar-refractivity contribution in [2.45, 2.75) is 153 Å². The lowest BCUT2D eigenvalue weighted by Crippen LogP contribution is -2.59. The number of anilines is 2. The van der Waals surface area contributed by atoms with Gasteiger partial charge in [-0.25, -0.2) is 25.0 Å². The van der Waals surface area contributed by atoms with Crippen LogP contribution in [0.3, 0.4) is 0 Å². The number of fused-ring (bicyclic) bond motifs is 2. The summed E-state index contributed by atoms with van der Waals surface area (Å²) in [5.74, 6) is -1.08. The number of nitriles is 1. The van der Waals surface area contributed by atoms with E-state index in [1.54, 1.807) is 47.2 Å². The van der Waals surface area contributed by atoms with Crippen molar-refractivity contribution < 1.29 is 42.1 Å². The Bertz CT molecular complexity index is 3940. The Morgan fingerprint density at radius 3 is 1.75 bits per heavy atom. The van der Waals surface area contributed by atoms with Crippen LogP contribution in [0.25, 0.3) is 22.3 Å². The van der Waals surface area contributed by atoms with Gasteiger partial charge in [-0.15, -0.1) is 0 Å². The van der Waals surface area contributed by atoms with E-state index in [0.717, 1.165) is 16.7 Å². The van der Waals surface area contributed by atoms with E-state index < -0.39 is 102 Å². The minimum Gasteiger partial charge on any atom is -0.408 e. The van der Waals surface area contributed by atoms with Gasteiger partial charge in [0.05, 0.1) is 62.6 Å². The Labute approximate surface area is 542 Å². The fourth-order valence-electron chi connectivity index (χ4n) is 10.9. The normalized spacial score (nSPS) is 21.4. The number of carbonyl (C=O) groups excluding carboxylic acids is 2. The molecule has 4 aromatic carbocycles. The maximum atomic E-state index is 14.0. The summed E-state index contributed by atoms with van der Waals surface area (Å²) in [5, 5.41) is 34.2. The molecule has 0 spiro atoms. The summed E-state index contributed by atoms with van der Waals surface area (Å²) in [6, 6.07) is 39.5. The number of amides is 2. The summed E-state index contributed by atoms with van der Waals surface area (Å²) in [5.41, 5.74) is 2.13. The molecule has 2 aliphatic heterocycles. The number of aromatic amines is 1. The Morgan fingerprint density at radius 1 is 0.717 bits per heavy atom. The molecule has 0 radical (unpaired) electrons. The van der Waals surface area contributed by atoms with Crippen LogP contribution >= 0.6 is 6.64 Å². The fourth-order valence-corrected chi connectivity index (χ4v) is 15.9. The van der Waals surface area contributed by atoms with Gasteiger partial charge in [-0.3, -0.25) is 39.1 Å².